The number of nitrogens with one attached hydrogen (secondary N) is 1. The number of aryl methyl sites for hydroxylation is 1. The Morgan fingerprint density at radius 1 is 1.59 bits per heavy atom. The number of ether oxygens (including phenoxy) is 1. The Morgan fingerprint density at radius 3 is 3.18 bits per heavy atom. The SMILES string of the molecule is CCC1CC(NCCc2nc(C)cs2)CCO1. The van der Waals surface area contributed by atoms with Gasteiger partial charge in [0.25, 0.3) is 0 Å². The zero-order valence-corrected chi connectivity index (χ0v) is 11.6. The minimum atomic E-state index is 0.461. The molecule has 17 heavy (non-hydrogen) atoms. The monoisotopic (exact) mass is 254 g/mol. The molecule has 1 fully saturated rings. The predicted octanol–water partition coefficient (Wildman–Crippen LogP) is 2.54. The van der Waals surface area contributed by atoms with Gasteiger partial charge in [-0.2, -0.15) is 0 Å². The van der Waals surface area contributed by atoms with Crippen LogP contribution in [-0.2, 0) is 11.2 Å². The third kappa shape index (κ3) is 4.05. The van der Waals surface area contributed by atoms with Crippen molar-refractivity contribution >= 4 is 11.3 Å². The van der Waals surface area contributed by atoms with Crippen molar-refractivity contribution in [1.29, 1.82) is 0 Å². The predicted molar refractivity (Wildman–Crippen MR) is 71.6 cm³/mol. The van der Waals surface area contributed by atoms with E-state index in [0.29, 0.717) is 12.1 Å². The maximum Gasteiger partial charge on any atom is 0.0940 e. The highest BCUT2D eigenvalue weighted by Crippen LogP contribution is 2.16. The van der Waals surface area contributed by atoms with E-state index in [9.17, 15) is 0 Å². The number of thiazole rings is 1. The molecule has 1 saturated heterocycles. The molecule has 1 aromatic heterocycles. The van der Waals surface area contributed by atoms with Crippen LogP contribution in [0, 0.1) is 6.92 Å². The average molecular weight is 254 g/mol. The highest BCUT2D eigenvalue weighted by Gasteiger charge is 2.20. The van der Waals surface area contributed by atoms with Gasteiger partial charge in [0.2, 0.25) is 0 Å². The molecule has 0 spiro atoms. The summed E-state index contributed by atoms with van der Waals surface area (Å²) in [7, 11) is 0. The van der Waals surface area contributed by atoms with Gasteiger partial charge in [-0.15, -0.1) is 11.3 Å². The van der Waals surface area contributed by atoms with Gasteiger partial charge >= 0.3 is 0 Å². The smallest absolute Gasteiger partial charge is 0.0940 e. The van der Waals surface area contributed by atoms with E-state index in [1.807, 2.05) is 0 Å². The molecule has 1 aliphatic rings. The van der Waals surface area contributed by atoms with Gasteiger partial charge < -0.3 is 10.1 Å². The Balaban J connectivity index is 1.68. The third-order valence-electron chi connectivity index (χ3n) is 3.26. The molecule has 2 atom stereocenters. The van der Waals surface area contributed by atoms with Gasteiger partial charge in [0.05, 0.1) is 11.1 Å². The number of hydrogen-bond acceptors (Lipinski definition) is 4. The van der Waals surface area contributed by atoms with E-state index in [1.54, 1.807) is 11.3 Å². The van der Waals surface area contributed by atoms with Crippen molar-refractivity contribution in [3.05, 3.63) is 16.1 Å². The summed E-state index contributed by atoms with van der Waals surface area (Å²) in [6.07, 6.45) is 4.94. The van der Waals surface area contributed by atoms with Crippen molar-refractivity contribution in [2.24, 2.45) is 0 Å². The molecule has 1 aliphatic heterocycles. The van der Waals surface area contributed by atoms with Gasteiger partial charge in [-0.1, -0.05) is 6.92 Å². The Kier molecular flexibility index (Phi) is 4.95. The van der Waals surface area contributed by atoms with Crippen molar-refractivity contribution in [2.45, 2.75) is 51.7 Å². The molecule has 1 N–H and O–H groups in total. The molecule has 0 bridgehead atoms. The van der Waals surface area contributed by atoms with Crippen LogP contribution in [0.25, 0.3) is 0 Å². The molecule has 0 aromatic carbocycles. The van der Waals surface area contributed by atoms with E-state index in [0.717, 1.165) is 44.5 Å². The summed E-state index contributed by atoms with van der Waals surface area (Å²) in [5.74, 6) is 0. The van der Waals surface area contributed by atoms with Crippen molar-refractivity contribution < 1.29 is 4.74 Å². The average Bonchev–Trinajstić information content (AvgIpc) is 2.75. The largest absolute Gasteiger partial charge is 0.378 e. The van der Waals surface area contributed by atoms with Gasteiger partial charge in [-0.05, 0) is 26.2 Å². The molecule has 0 saturated carbocycles. The first kappa shape index (κ1) is 13.0. The summed E-state index contributed by atoms with van der Waals surface area (Å²) in [6.45, 7) is 6.20. The molecule has 1 aromatic rings. The normalized spacial score (nSPS) is 25.1. The highest BCUT2D eigenvalue weighted by atomic mass is 32.1. The lowest BCUT2D eigenvalue weighted by molar-refractivity contribution is 0.000116. The first-order valence-electron chi connectivity index (χ1n) is 6.54. The van der Waals surface area contributed by atoms with Crippen LogP contribution in [0.15, 0.2) is 5.38 Å². The lowest BCUT2D eigenvalue weighted by atomic mass is 10.0. The molecule has 4 heteroatoms. The van der Waals surface area contributed by atoms with Crippen molar-refractivity contribution in [3.63, 3.8) is 0 Å². The molecular formula is C13H22N2OS. The molecule has 2 heterocycles. The zero-order chi connectivity index (χ0) is 12.1. The fourth-order valence-electron chi connectivity index (χ4n) is 2.25. The van der Waals surface area contributed by atoms with Crippen LogP contribution < -0.4 is 5.32 Å². The molecule has 0 radical (unpaired) electrons. The van der Waals surface area contributed by atoms with Crippen LogP contribution in [0.2, 0.25) is 0 Å². The van der Waals surface area contributed by atoms with E-state index < -0.39 is 0 Å². The molecule has 96 valence electrons. The topological polar surface area (TPSA) is 34.2 Å². The summed E-state index contributed by atoms with van der Waals surface area (Å²) in [6, 6.07) is 0.634. The Morgan fingerprint density at radius 2 is 2.47 bits per heavy atom. The summed E-state index contributed by atoms with van der Waals surface area (Å²) < 4.78 is 5.67. The van der Waals surface area contributed by atoms with Gasteiger partial charge in [0.1, 0.15) is 0 Å². The Hall–Kier alpha value is -0.450. The lowest BCUT2D eigenvalue weighted by Gasteiger charge is -2.29. The second-order valence-corrected chi connectivity index (χ2v) is 5.65. The summed E-state index contributed by atoms with van der Waals surface area (Å²) in [5.41, 5.74) is 1.14. The van der Waals surface area contributed by atoms with Crippen LogP contribution in [0.5, 0.6) is 0 Å². The summed E-state index contributed by atoms with van der Waals surface area (Å²) in [4.78, 5) is 4.48. The van der Waals surface area contributed by atoms with Crippen LogP contribution in [0.4, 0.5) is 0 Å². The van der Waals surface area contributed by atoms with Crippen LogP contribution in [0.1, 0.15) is 36.9 Å². The quantitative estimate of drug-likeness (QED) is 0.877. The van der Waals surface area contributed by atoms with E-state index >= 15 is 0 Å². The molecule has 3 nitrogen and oxygen atoms in total. The first-order valence-corrected chi connectivity index (χ1v) is 7.42. The molecule has 2 rings (SSSR count). The second kappa shape index (κ2) is 6.47. The minimum Gasteiger partial charge on any atom is -0.378 e. The van der Waals surface area contributed by atoms with Crippen LogP contribution >= 0.6 is 11.3 Å². The van der Waals surface area contributed by atoms with E-state index in [2.05, 4.69) is 29.5 Å². The first-order chi connectivity index (χ1) is 8.28. The van der Waals surface area contributed by atoms with E-state index in [-0.39, 0.29) is 0 Å². The number of nitrogens with zero attached hydrogens (tertiary/aromatic N) is 1. The Bertz CT molecular complexity index is 340. The second-order valence-electron chi connectivity index (χ2n) is 4.71. The van der Waals surface area contributed by atoms with Gasteiger partial charge in [-0.3, -0.25) is 0 Å². The number of rotatable bonds is 5. The molecule has 0 aliphatic carbocycles. The maximum absolute atomic E-state index is 5.67. The van der Waals surface area contributed by atoms with Crippen molar-refractivity contribution in [2.75, 3.05) is 13.2 Å². The highest BCUT2D eigenvalue weighted by molar-refractivity contribution is 7.09. The summed E-state index contributed by atoms with van der Waals surface area (Å²) >= 11 is 1.77. The Labute approximate surface area is 108 Å². The standard InChI is InChI=1S/C13H22N2OS/c1-3-12-8-11(5-7-16-12)14-6-4-13-15-10(2)9-17-13/h9,11-12,14H,3-8H2,1-2H3. The van der Waals surface area contributed by atoms with Gasteiger partial charge in [0.15, 0.2) is 0 Å². The molecule has 2 unspecified atom stereocenters. The molecular weight excluding hydrogens is 232 g/mol. The third-order valence-corrected chi connectivity index (χ3v) is 4.29. The van der Waals surface area contributed by atoms with E-state index in [4.69, 9.17) is 4.74 Å². The number of hydrogen-bond donors (Lipinski definition) is 1. The fraction of sp³-hybridized carbons (Fsp3) is 0.769. The lowest BCUT2D eigenvalue weighted by Crippen LogP contribution is -2.39. The van der Waals surface area contributed by atoms with Crippen molar-refractivity contribution in [1.82, 2.24) is 10.3 Å². The maximum atomic E-state index is 5.67. The fourth-order valence-corrected chi connectivity index (χ4v) is 3.03. The minimum absolute atomic E-state index is 0.461. The van der Waals surface area contributed by atoms with Gasteiger partial charge in [-0.25, -0.2) is 4.98 Å². The van der Waals surface area contributed by atoms with E-state index in [1.165, 1.54) is 5.01 Å². The van der Waals surface area contributed by atoms with Crippen molar-refractivity contribution in [3.8, 4) is 0 Å². The zero-order valence-electron chi connectivity index (χ0n) is 10.7. The van der Waals surface area contributed by atoms with Crippen LogP contribution in [-0.4, -0.2) is 30.3 Å². The molecule has 0 amide bonds. The van der Waals surface area contributed by atoms with Crippen LogP contribution in [0.3, 0.4) is 0 Å². The van der Waals surface area contributed by atoms with Gasteiger partial charge in [0, 0.05) is 36.7 Å². The summed E-state index contributed by atoms with van der Waals surface area (Å²) in [5, 5.41) is 7.00. The number of aromatic nitrogens is 1.